The molecule has 162 valence electrons. The van der Waals surface area contributed by atoms with Gasteiger partial charge in [0.2, 0.25) is 5.95 Å². The van der Waals surface area contributed by atoms with Gasteiger partial charge in [-0.3, -0.25) is 19.3 Å². The van der Waals surface area contributed by atoms with Gasteiger partial charge >= 0.3 is 0 Å². The molecule has 3 aromatic heterocycles. The van der Waals surface area contributed by atoms with E-state index in [0.29, 0.717) is 18.2 Å². The van der Waals surface area contributed by atoms with E-state index in [1.165, 1.54) is 11.6 Å². The molecule has 4 heterocycles. The Kier molecular flexibility index (Phi) is 5.51. The van der Waals surface area contributed by atoms with Crippen LogP contribution in [0.2, 0.25) is 0 Å². The highest BCUT2D eigenvalue weighted by molar-refractivity contribution is 5.85. The number of anilines is 1. The zero-order chi connectivity index (χ0) is 20.9. The van der Waals surface area contributed by atoms with Gasteiger partial charge < -0.3 is 4.90 Å². The van der Waals surface area contributed by atoms with Gasteiger partial charge in [0.1, 0.15) is 0 Å². The number of pyridine rings is 2. The zero-order valence-corrected chi connectivity index (χ0v) is 17.8. The average Bonchev–Trinajstić information content (AvgIpc) is 3.10. The van der Waals surface area contributed by atoms with Crippen LogP contribution in [0.5, 0.6) is 0 Å². The van der Waals surface area contributed by atoms with Gasteiger partial charge in [0.15, 0.2) is 0 Å². The van der Waals surface area contributed by atoms with E-state index in [-0.39, 0.29) is 18.3 Å². The first-order chi connectivity index (χ1) is 14.4. The number of aromatic nitrogens is 4. The summed E-state index contributed by atoms with van der Waals surface area (Å²) >= 11 is 0. The van der Waals surface area contributed by atoms with Crippen LogP contribution in [0.15, 0.2) is 47.5 Å². The summed E-state index contributed by atoms with van der Waals surface area (Å²) in [5.74, 6) is -2.53. The Balaban J connectivity index is 0.00000231. The molecule has 5 rings (SSSR count). The largest absolute Gasteiger partial charge is 0.336 e. The molecule has 0 amide bonds. The van der Waals surface area contributed by atoms with Crippen LogP contribution >= 0.6 is 12.4 Å². The highest BCUT2D eigenvalue weighted by Gasteiger charge is 2.41. The molecule has 0 spiro atoms. The van der Waals surface area contributed by atoms with Crippen LogP contribution in [0, 0.1) is 12.8 Å². The maximum atomic E-state index is 14.5. The Morgan fingerprint density at radius 2 is 1.87 bits per heavy atom. The predicted molar refractivity (Wildman–Crippen MR) is 116 cm³/mol. The smallest absolute Gasteiger partial charge is 0.283 e. The Morgan fingerprint density at radius 1 is 1.10 bits per heavy atom. The number of aryl methyl sites for hydroxylation is 1. The van der Waals surface area contributed by atoms with Crippen LogP contribution in [-0.2, 0) is 19.4 Å². The van der Waals surface area contributed by atoms with Crippen molar-refractivity contribution in [1.29, 1.82) is 0 Å². The molecular weight excluding hydrogens is 424 g/mol. The van der Waals surface area contributed by atoms with Gasteiger partial charge in [-0.1, -0.05) is 6.07 Å². The lowest BCUT2D eigenvalue weighted by molar-refractivity contribution is -0.0182. The van der Waals surface area contributed by atoms with Gasteiger partial charge in [-0.25, -0.2) is 13.8 Å². The standard InChI is InChI=1S/C22H21F2N5O.ClH/c1-14-2-3-17-8-15(9-18(17)26-14)11-28-12-22(23,24)13-29-20(30)10-19(27-21(28)29)16-4-6-25-7-5-16;/h2-7,10,15H,8-9,11-13H2,1H3;1H. The van der Waals surface area contributed by atoms with Crippen molar-refractivity contribution < 1.29 is 8.78 Å². The van der Waals surface area contributed by atoms with Crippen LogP contribution in [0.4, 0.5) is 14.7 Å². The molecular formula is C22H22ClF2N5O. The van der Waals surface area contributed by atoms with E-state index < -0.39 is 24.6 Å². The van der Waals surface area contributed by atoms with Crippen molar-refractivity contribution in [3.05, 3.63) is 70.0 Å². The summed E-state index contributed by atoms with van der Waals surface area (Å²) < 4.78 is 30.0. The molecule has 31 heavy (non-hydrogen) atoms. The Bertz CT molecular complexity index is 1170. The van der Waals surface area contributed by atoms with Crippen molar-refractivity contribution in [2.45, 2.75) is 32.2 Å². The molecule has 0 saturated heterocycles. The van der Waals surface area contributed by atoms with E-state index in [4.69, 9.17) is 0 Å². The van der Waals surface area contributed by atoms with Crippen LogP contribution in [-0.4, -0.2) is 38.5 Å². The Morgan fingerprint density at radius 3 is 2.65 bits per heavy atom. The highest BCUT2D eigenvalue weighted by atomic mass is 35.5. The number of alkyl halides is 2. The normalized spacial score (nSPS) is 18.8. The molecule has 1 aliphatic carbocycles. The molecule has 0 aromatic carbocycles. The molecule has 3 aromatic rings. The zero-order valence-electron chi connectivity index (χ0n) is 17.0. The second-order valence-corrected chi connectivity index (χ2v) is 8.17. The number of nitrogens with zero attached hydrogens (tertiary/aromatic N) is 5. The molecule has 9 heteroatoms. The molecule has 0 fully saturated rings. The van der Waals surface area contributed by atoms with Crippen LogP contribution < -0.4 is 10.5 Å². The fourth-order valence-corrected chi connectivity index (χ4v) is 4.43. The maximum absolute atomic E-state index is 14.5. The minimum absolute atomic E-state index is 0. The average molecular weight is 446 g/mol. The minimum Gasteiger partial charge on any atom is -0.336 e. The summed E-state index contributed by atoms with van der Waals surface area (Å²) in [5.41, 5.74) is 3.90. The lowest BCUT2D eigenvalue weighted by atomic mass is 10.1. The SMILES string of the molecule is Cc1ccc2c(n1)CC(CN1CC(F)(F)Cn3c1nc(-c1ccncc1)cc3=O)C2.Cl. The number of hydrogen-bond donors (Lipinski definition) is 0. The van der Waals surface area contributed by atoms with E-state index >= 15 is 0 Å². The monoisotopic (exact) mass is 445 g/mol. The Hall–Kier alpha value is -2.87. The molecule has 1 atom stereocenters. The van der Waals surface area contributed by atoms with Gasteiger partial charge in [0.25, 0.3) is 11.5 Å². The van der Waals surface area contributed by atoms with Gasteiger partial charge in [-0.15, -0.1) is 12.4 Å². The number of fused-ring (bicyclic) bond motifs is 2. The molecule has 0 bridgehead atoms. The molecule has 1 aliphatic heterocycles. The van der Waals surface area contributed by atoms with Gasteiger partial charge in [0, 0.05) is 42.0 Å². The van der Waals surface area contributed by atoms with Crippen LogP contribution in [0.25, 0.3) is 11.3 Å². The van der Waals surface area contributed by atoms with E-state index in [2.05, 4.69) is 21.0 Å². The topological polar surface area (TPSA) is 63.9 Å². The van der Waals surface area contributed by atoms with Gasteiger partial charge in [0.05, 0.1) is 18.8 Å². The molecule has 2 aliphatic rings. The minimum atomic E-state index is -2.99. The highest BCUT2D eigenvalue weighted by Crippen LogP contribution is 2.32. The first kappa shape index (κ1) is 21.4. The molecule has 1 unspecified atom stereocenters. The molecule has 0 radical (unpaired) electrons. The fraction of sp³-hybridized carbons (Fsp3) is 0.364. The first-order valence-corrected chi connectivity index (χ1v) is 9.98. The third kappa shape index (κ3) is 4.17. The first-order valence-electron chi connectivity index (χ1n) is 9.98. The maximum Gasteiger partial charge on any atom is 0.283 e. The molecule has 0 saturated carbocycles. The second kappa shape index (κ2) is 8.00. The summed E-state index contributed by atoms with van der Waals surface area (Å²) in [6.45, 7) is 1.26. The summed E-state index contributed by atoms with van der Waals surface area (Å²) in [5, 5.41) is 0. The van der Waals surface area contributed by atoms with E-state index in [1.807, 2.05) is 13.0 Å². The number of halogens is 3. The van der Waals surface area contributed by atoms with E-state index in [9.17, 15) is 13.6 Å². The summed E-state index contributed by atoms with van der Waals surface area (Å²) in [4.78, 5) is 27.4. The summed E-state index contributed by atoms with van der Waals surface area (Å²) in [6, 6.07) is 8.87. The lowest BCUT2D eigenvalue weighted by Gasteiger charge is -2.36. The van der Waals surface area contributed by atoms with E-state index in [0.717, 1.165) is 34.4 Å². The van der Waals surface area contributed by atoms with Crippen molar-refractivity contribution >= 4 is 18.4 Å². The van der Waals surface area contributed by atoms with Crippen molar-refractivity contribution in [3.8, 4) is 11.3 Å². The molecule has 0 N–H and O–H groups in total. The van der Waals surface area contributed by atoms with Crippen LogP contribution in [0.3, 0.4) is 0 Å². The van der Waals surface area contributed by atoms with Gasteiger partial charge in [-0.2, -0.15) is 0 Å². The third-order valence-corrected chi connectivity index (χ3v) is 5.74. The van der Waals surface area contributed by atoms with Crippen molar-refractivity contribution in [3.63, 3.8) is 0 Å². The fourth-order valence-electron chi connectivity index (χ4n) is 4.43. The number of hydrogen-bond acceptors (Lipinski definition) is 5. The van der Waals surface area contributed by atoms with Crippen molar-refractivity contribution in [2.24, 2.45) is 5.92 Å². The van der Waals surface area contributed by atoms with Crippen molar-refractivity contribution in [1.82, 2.24) is 19.5 Å². The van der Waals surface area contributed by atoms with Crippen molar-refractivity contribution in [2.75, 3.05) is 18.0 Å². The van der Waals surface area contributed by atoms with Crippen LogP contribution in [0.1, 0.15) is 17.0 Å². The summed E-state index contributed by atoms with van der Waals surface area (Å²) in [6.07, 6.45) is 4.77. The quantitative estimate of drug-likeness (QED) is 0.619. The second-order valence-electron chi connectivity index (χ2n) is 8.17. The van der Waals surface area contributed by atoms with E-state index in [1.54, 1.807) is 29.4 Å². The Labute approximate surface area is 184 Å². The predicted octanol–water partition coefficient (Wildman–Crippen LogP) is 3.30. The summed E-state index contributed by atoms with van der Waals surface area (Å²) in [7, 11) is 0. The number of rotatable bonds is 3. The lowest BCUT2D eigenvalue weighted by Crippen LogP contribution is -2.51. The molecule has 6 nitrogen and oxygen atoms in total. The van der Waals surface area contributed by atoms with Gasteiger partial charge in [-0.05, 0) is 49.4 Å². The third-order valence-electron chi connectivity index (χ3n) is 5.74.